The van der Waals surface area contributed by atoms with Crippen LogP contribution in [0.2, 0.25) is 0 Å². The first-order valence-electron chi connectivity index (χ1n) is 11.1. The maximum Gasteiger partial charge on any atom is 0.295 e. The smallest absolute Gasteiger partial charge is 0.295 e. The number of likely N-dealkylation sites (tertiary alicyclic amines) is 1. The monoisotopic (exact) mass is 518 g/mol. The molecule has 0 aliphatic carbocycles. The second-order valence-corrected chi connectivity index (χ2v) is 10.4. The van der Waals surface area contributed by atoms with E-state index in [2.05, 4.69) is 0 Å². The van der Waals surface area contributed by atoms with E-state index in [4.69, 9.17) is 14.2 Å². The highest BCUT2D eigenvalue weighted by atomic mass is 32.2. The second kappa shape index (κ2) is 11.1. The van der Waals surface area contributed by atoms with Crippen LogP contribution in [0.4, 0.5) is 0 Å². The number of ether oxygens (including phenoxy) is 3. The molecule has 3 rings (SSSR count). The van der Waals surface area contributed by atoms with E-state index in [1.54, 1.807) is 25.3 Å². The van der Waals surface area contributed by atoms with E-state index in [1.807, 2.05) is 0 Å². The van der Waals surface area contributed by atoms with E-state index in [-0.39, 0.29) is 22.6 Å². The van der Waals surface area contributed by atoms with Gasteiger partial charge in [0.05, 0.1) is 30.7 Å². The summed E-state index contributed by atoms with van der Waals surface area (Å²) >= 11 is 0. The number of hydrogen-bond acceptors (Lipinski definition) is 8. The van der Waals surface area contributed by atoms with Gasteiger partial charge in [0.1, 0.15) is 5.76 Å². The van der Waals surface area contributed by atoms with Crippen LogP contribution in [0.3, 0.4) is 0 Å². The molecule has 1 saturated heterocycles. The molecule has 1 aliphatic rings. The highest BCUT2D eigenvalue weighted by Gasteiger charge is 2.46. The average Bonchev–Trinajstić information content (AvgIpc) is 3.13. The number of methoxy groups -OCH3 is 3. The molecule has 1 N–H and O–H groups in total. The van der Waals surface area contributed by atoms with Crippen molar-refractivity contribution in [1.82, 2.24) is 9.21 Å². The first kappa shape index (κ1) is 27.2. The highest BCUT2D eigenvalue weighted by molar-refractivity contribution is 7.89. The second-order valence-electron chi connectivity index (χ2n) is 8.27. The number of carbonyl (C=O) groups is 2. The van der Waals surface area contributed by atoms with Gasteiger partial charge in [-0.25, -0.2) is 12.7 Å². The summed E-state index contributed by atoms with van der Waals surface area (Å²) in [5.41, 5.74) is 0.638. The highest BCUT2D eigenvalue weighted by Crippen LogP contribution is 2.42. The normalized spacial score (nSPS) is 17.6. The lowest BCUT2D eigenvalue weighted by molar-refractivity contribution is -0.140. The number of aliphatic hydroxyl groups is 1. The molecule has 1 fully saturated rings. The topological polar surface area (TPSA) is 123 Å². The van der Waals surface area contributed by atoms with Gasteiger partial charge in [-0.15, -0.1) is 0 Å². The van der Waals surface area contributed by atoms with Crippen molar-refractivity contribution in [1.29, 1.82) is 0 Å². The largest absolute Gasteiger partial charge is 0.507 e. The minimum absolute atomic E-state index is 0.0282. The molecular formula is C25H30N2O8S. The third-order valence-electron chi connectivity index (χ3n) is 5.92. The third kappa shape index (κ3) is 5.08. The molecule has 0 unspecified atom stereocenters. The molecule has 194 valence electrons. The molecule has 36 heavy (non-hydrogen) atoms. The molecule has 0 radical (unpaired) electrons. The molecule has 1 aliphatic heterocycles. The van der Waals surface area contributed by atoms with Gasteiger partial charge in [0, 0.05) is 39.9 Å². The van der Waals surface area contributed by atoms with Crippen molar-refractivity contribution >= 4 is 27.5 Å². The summed E-state index contributed by atoms with van der Waals surface area (Å²) in [6.07, 6.45) is 0.477. The van der Waals surface area contributed by atoms with Crippen molar-refractivity contribution in [3.63, 3.8) is 0 Å². The summed E-state index contributed by atoms with van der Waals surface area (Å²) in [7, 11) is 3.66. The van der Waals surface area contributed by atoms with Crippen LogP contribution in [0.25, 0.3) is 5.76 Å². The fourth-order valence-corrected chi connectivity index (χ4v) is 4.91. The lowest BCUT2D eigenvalue weighted by Gasteiger charge is -2.26. The van der Waals surface area contributed by atoms with Crippen LogP contribution in [0.5, 0.6) is 11.5 Å². The molecule has 0 bridgehead atoms. The Labute approximate surface area is 210 Å². The first-order chi connectivity index (χ1) is 17.1. The fourth-order valence-electron chi connectivity index (χ4n) is 4.01. The Morgan fingerprint density at radius 1 is 1.00 bits per heavy atom. The van der Waals surface area contributed by atoms with Gasteiger partial charge in [-0.1, -0.05) is 6.07 Å². The Hall–Kier alpha value is -3.41. The van der Waals surface area contributed by atoms with Gasteiger partial charge in [0.2, 0.25) is 10.0 Å². The van der Waals surface area contributed by atoms with Crippen LogP contribution < -0.4 is 9.47 Å². The van der Waals surface area contributed by atoms with Crippen molar-refractivity contribution in [2.24, 2.45) is 0 Å². The Balaban J connectivity index is 2.15. The number of aliphatic hydroxyl groups excluding tert-OH is 1. The predicted octanol–water partition coefficient (Wildman–Crippen LogP) is 2.41. The van der Waals surface area contributed by atoms with Crippen LogP contribution in [0, 0.1) is 0 Å². The lowest BCUT2D eigenvalue weighted by atomic mass is 9.95. The molecule has 2 aromatic carbocycles. The van der Waals surface area contributed by atoms with Crippen LogP contribution in [0.1, 0.15) is 23.6 Å². The summed E-state index contributed by atoms with van der Waals surface area (Å²) in [6, 6.07) is 9.58. The van der Waals surface area contributed by atoms with Gasteiger partial charge in [-0.2, -0.15) is 0 Å². The molecular weight excluding hydrogens is 488 g/mol. The number of carbonyl (C=O) groups excluding carboxylic acids is 2. The Kier molecular flexibility index (Phi) is 8.39. The molecule has 0 saturated carbocycles. The van der Waals surface area contributed by atoms with Gasteiger partial charge in [-0.3, -0.25) is 9.59 Å². The van der Waals surface area contributed by atoms with Gasteiger partial charge in [0.25, 0.3) is 11.7 Å². The van der Waals surface area contributed by atoms with E-state index in [9.17, 15) is 23.1 Å². The summed E-state index contributed by atoms with van der Waals surface area (Å²) in [5.74, 6) is -1.13. The predicted molar refractivity (Wildman–Crippen MR) is 132 cm³/mol. The maximum absolute atomic E-state index is 13.1. The standard InChI is InChI=1S/C25H30N2O8S/c1-26(2)36(31,32)18-10-7-16(8-11-18)23(28)21-22(17-9-12-19(34-4)20(15-17)35-5)27(13-6-14-33-3)25(30)24(21)29/h7-12,15,22,28H,6,13-14H2,1-5H3/b23-21+/t22-/m0/s1. The molecule has 0 aromatic heterocycles. The van der Waals surface area contributed by atoms with Gasteiger partial charge in [-0.05, 0) is 48.4 Å². The van der Waals surface area contributed by atoms with E-state index >= 15 is 0 Å². The number of sulfonamides is 1. The number of rotatable bonds is 10. The number of benzene rings is 2. The van der Waals surface area contributed by atoms with E-state index in [1.165, 1.54) is 57.5 Å². The molecule has 1 heterocycles. The van der Waals surface area contributed by atoms with E-state index in [0.29, 0.717) is 30.1 Å². The summed E-state index contributed by atoms with van der Waals surface area (Å²) in [5, 5.41) is 11.2. The van der Waals surface area contributed by atoms with Crippen LogP contribution >= 0.6 is 0 Å². The fraction of sp³-hybridized carbons (Fsp3) is 0.360. The van der Waals surface area contributed by atoms with Crippen molar-refractivity contribution in [2.45, 2.75) is 17.4 Å². The SMILES string of the molecule is COCCCN1C(=O)C(=O)/C(=C(/O)c2ccc(S(=O)(=O)N(C)C)cc2)[C@@H]1c1ccc(OC)c(OC)c1. The maximum atomic E-state index is 13.1. The van der Waals surface area contributed by atoms with Crippen LogP contribution in [-0.2, 0) is 24.3 Å². The molecule has 2 aromatic rings. The number of Topliss-reactive ketones (excluding diaryl/α,β-unsaturated/α-hetero) is 1. The molecule has 1 atom stereocenters. The summed E-state index contributed by atoms with van der Waals surface area (Å²) in [6.45, 7) is 0.595. The van der Waals surface area contributed by atoms with Crippen molar-refractivity contribution in [3.05, 3.63) is 59.2 Å². The number of amides is 1. The zero-order chi connectivity index (χ0) is 26.6. The van der Waals surface area contributed by atoms with Crippen molar-refractivity contribution < 1.29 is 37.3 Å². The molecule has 10 nitrogen and oxygen atoms in total. The van der Waals surface area contributed by atoms with Crippen molar-refractivity contribution in [2.75, 3.05) is 48.6 Å². The van der Waals surface area contributed by atoms with Crippen molar-refractivity contribution in [3.8, 4) is 11.5 Å². The minimum Gasteiger partial charge on any atom is -0.507 e. The van der Waals surface area contributed by atoms with Gasteiger partial charge >= 0.3 is 0 Å². The number of nitrogens with zero attached hydrogens (tertiary/aromatic N) is 2. The first-order valence-corrected chi connectivity index (χ1v) is 12.5. The zero-order valence-corrected chi connectivity index (χ0v) is 21.7. The van der Waals surface area contributed by atoms with Crippen LogP contribution in [-0.4, -0.2) is 83.0 Å². The minimum atomic E-state index is -3.68. The van der Waals surface area contributed by atoms with E-state index in [0.717, 1.165) is 4.31 Å². The van der Waals surface area contributed by atoms with E-state index < -0.39 is 33.5 Å². The van der Waals surface area contributed by atoms with Crippen LogP contribution in [0.15, 0.2) is 52.9 Å². The summed E-state index contributed by atoms with van der Waals surface area (Å²) in [4.78, 5) is 27.6. The Morgan fingerprint density at radius 3 is 2.19 bits per heavy atom. The molecule has 0 spiro atoms. The zero-order valence-electron chi connectivity index (χ0n) is 20.8. The Bertz CT molecular complexity index is 1270. The molecule has 11 heteroatoms. The third-order valence-corrected chi connectivity index (χ3v) is 7.75. The number of ketones is 1. The lowest BCUT2D eigenvalue weighted by Crippen LogP contribution is -2.31. The average molecular weight is 519 g/mol. The molecule has 1 amide bonds. The number of hydrogen-bond donors (Lipinski definition) is 1. The Morgan fingerprint density at radius 2 is 1.64 bits per heavy atom. The quantitative estimate of drug-likeness (QED) is 0.220. The summed E-state index contributed by atoms with van der Waals surface area (Å²) < 4.78 is 41.7. The van der Waals surface area contributed by atoms with Gasteiger partial charge < -0.3 is 24.2 Å². The van der Waals surface area contributed by atoms with Gasteiger partial charge in [0.15, 0.2) is 11.5 Å².